The van der Waals surface area contributed by atoms with Crippen LogP contribution in [0.1, 0.15) is 32.6 Å². The fourth-order valence-electron chi connectivity index (χ4n) is 2.70. The maximum absolute atomic E-state index is 12.7. The van der Waals surface area contributed by atoms with Gasteiger partial charge in [0.25, 0.3) is 5.91 Å². The first kappa shape index (κ1) is 18.6. The molecule has 0 fully saturated rings. The monoisotopic (exact) mass is 365 g/mol. The standard InChI is InChI=1S/C21H23N3O3/c1-2-3-15-27-19-12-8-7-11-17(19)22-21(26)18-13-14-20(25)24(23-18)16-9-5-4-6-10-16/h4-12H,2-3,13-15H2,1H3,(H,22,26). The molecule has 3 rings (SSSR count). The molecule has 2 aromatic rings. The summed E-state index contributed by atoms with van der Waals surface area (Å²) >= 11 is 0. The third kappa shape index (κ3) is 4.73. The molecule has 0 saturated carbocycles. The van der Waals surface area contributed by atoms with E-state index in [-0.39, 0.29) is 18.2 Å². The van der Waals surface area contributed by atoms with Gasteiger partial charge in [-0.1, -0.05) is 43.7 Å². The van der Waals surface area contributed by atoms with Gasteiger partial charge >= 0.3 is 0 Å². The molecule has 2 aromatic carbocycles. The van der Waals surface area contributed by atoms with E-state index in [4.69, 9.17) is 4.74 Å². The van der Waals surface area contributed by atoms with E-state index in [0.717, 1.165) is 12.8 Å². The first-order valence-corrected chi connectivity index (χ1v) is 9.17. The van der Waals surface area contributed by atoms with Gasteiger partial charge < -0.3 is 10.1 Å². The maximum atomic E-state index is 12.7. The Morgan fingerprint density at radius 1 is 1.11 bits per heavy atom. The summed E-state index contributed by atoms with van der Waals surface area (Å²) in [7, 11) is 0. The summed E-state index contributed by atoms with van der Waals surface area (Å²) in [5.41, 5.74) is 1.57. The average Bonchev–Trinajstić information content (AvgIpc) is 2.70. The molecular weight excluding hydrogens is 342 g/mol. The van der Waals surface area contributed by atoms with Gasteiger partial charge in [0.15, 0.2) is 0 Å². The number of amides is 2. The molecule has 0 bridgehead atoms. The van der Waals surface area contributed by atoms with Crippen molar-refractivity contribution < 1.29 is 14.3 Å². The molecule has 0 unspecified atom stereocenters. The maximum Gasteiger partial charge on any atom is 0.271 e. The number of para-hydroxylation sites is 3. The molecule has 1 aliphatic rings. The summed E-state index contributed by atoms with van der Waals surface area (Å²) in [6.07, 6.45) is 2.54. The number of nitrogens with one attached hydrogen (secondary N) is 1. The van der Waals surface area contributed by atoms with E-state index in [0.29, 0.717) is 35.9 Å². The molecule has 0 radical (unpaired) electrons. The quantitative estimate of drug-likeness (QED) is 0.754. The number of hydrazone groups is 1. The number of unbranched alkanes of at least 4 members (excludes halogenated alkanes) is 1. The van der Waals surface area contributed by atoms with Crippen molar-refractivity contribution in [2.75, 3.05) is 16.9 Å². The van der Waals surface area contributed by atoms with E-state index < -0.39 is 0 Å². The normalized spacial score (nSPS) is 13.9. The second-order valence-electron chi connectivity index (χ2n) is 6.24. The molecule has 0 saturated heterocycles. The van der Waals surface area contributed by atoms with Crippen molar-refractivity contribution in [3.05, 3.63) is 54.6 Å². The highest BCUT2D eigenvalue weighted by molar-refractivity contribution is 6.44. The molecule has 27 heavy (non-hydrogen) atoms. The smallest absolute Gasteiger partial charge is 0.271 e. The molecule has 2 amide bonds. The van der Waals surface area contributed by atoms with Crippen LogP contribution in [0.5, 0.6) is 5.75 Å². The lowest BCUT2D eigenvalue weighted by Gasteiger charge is -2.23. The second kappa shape index (κ2) is 8.98. The Bertz CT molecular complexity index is 834. The molecule has 0 atom stereocenters. The van der Waals surface area contributed by atoms with Crippen molar-refractivity contribution in [2.45, 2.75) is 32.6 Å². The number of rotatable bonds is 7. The van der Waals surface area contributed by atoms with Gasteiger partial charge in [0.1, 0.15) is 11.5 Å². The van der Waals surface area contributed by atoms with Crippen LogP contribution in [0.25, 0.3) is 0 Å². The highest BCUT2D eigenvalue weighted by Crippen LogP contribution is 2.25. The van der Waals surface area contributed by atoms with Crippen LogP contribution in [0, 0.1) is 0 Å². The van der Waals surface area contributed by atoms with Crippen molar-refractivity contribution in [3.63, 3.8) is 0 Å². The Labute approximate surface area is 158 Å². The molecule has 0 spiro atoms. The average molecular weight is 365 g/mol. The number of carbonyl (C=O) groups excluding carboxylic acids is 2. The SMILES string of the molecule is CCCCOc1ccccc1NC(=O)C1=NN(c2ccccc2)C(=O)CC1. The number of hydrogen-bond acceptors (Lipinski definition) is 4. The van der Waals surface area contributed by atoms with Crippen LogP contribution in [-0.2, 0) is 9.59 Å². The Morgan fingerprint density at radius 3 is 2.63 bits per heavy atom. The van der Waals surface area contributed by atoms with Gasteiger partial charge in [-0.25, -0.2) is 5.01 Å². The van der Waals surface area contributed by atoms with Crippen LogP contribution < -0.4 is 15.1 Å². The van der Waals surface area contributed by atoms with Gasteiger partial charge in [0.05, 0.1) is 18.0 Å². The van der Waals surface area contributed by atoms with E-state index in [1.165, 1.54) is 5.01 Å². The minimum Gasteiger partial charge on any atom is -0.491 e. The Hall–Kier alpha value is -3.15. The molecule has 1 heterocycles. The zero-order valence-corrected chi connectivity index (χ0v) is 15.4. The molecule has 140 valence electrons. The van der Waals surface area contributed by atoms with Crippen LogP contribution in [0.3, 0.4) is 0 Å². The minimum atomic E-state index is -0.324. The molecular formula is C21H23N3O3. The van der Waals surface area contributed by atoms with E-state index in [9.17, 15) is 9.59 Å². The first-order valence-electron chi connectivity index (χ1n) is 9.17. The summed E-state index contributed by atoms with van der Waals surface area (Å²) in [6, 6.07) is 16.4. The summed E-state index contributed by atoms with van der Waals surface area (Å²) in [5.74, 6) is 0.183. The summed E-state index contributed by atoms with van der Waals surface area (Å²) < 4.78 is 5.75. The second-order valence-corrected chi connectivity index (χ2v) is 6.24. The van der Waals surface area contributed by atoms with Gasteiger partial charge in [0.2, 0.25) is 5.91 Å². The van der Waals surface area contributed by atoms with Gasteiger partial charge in [0, 0.05) is 12.8 Å². The van der Waals surface area contributed by atoms with Crippen molar-refractivity contribution in [1.29, 1.82) is 0 Å². The van der Waals surface area contributed by atoms with Crippen molar-refractivity contribution in [3.8, 4) is 5.75 Å². The van der Waals surface area contributed by atoms with E-state index in [1.54, 1.807) is 18.2 Å². The van der Waals surface area contributed by atoms with E-state index in [2.05, 4.69) is 17.3 Å². The van der Waals surface area contributed by atoms with E-state index >= 15 is 0 Å². The van der Waals surface area contributed by atoms with Crippen LogP contribution >= 0.6 is 0 Å². The fraction of sp³-hybridized carbons (Fsp3) is 0.286. The highest BCUT2D eigenvalue weighted by Gasteiger charge is 2.26. The van der Waals surface area contributed by atoms with Crippen molar-refractivity contribution >= 4 is 28.9 Å². The Balaban J connectivity index is 1.75. The van der Waals surface area contributed by atoms with Crippen LogP contribution in [0.4, 0.5) is 11.4 Å². The van der Waals surface area contributed by atoms with Crippen LogP contribution in [-0.4, -0.2) is 24.1 Å². The fourth-order valence-corrected chi connectivity index (χ4v) is 2.70. The van der Waals surface area contributed by atoms with Crippen molar-refractivity contribution in [2.24, 2.45) is 5.10 Å². The number of benzene rings is 2. The van der Waals surface area contributed by atoms with Gasteiger partial charge in [-0.15, -0.1) is 0 Å². The summed E-state index contributed by atoms with van der Waals surface area (Å²) in [4.78, 5) is 24.9. The largest absolute Gasteiger partial charge is 0.491 e. The lowest BCUT2D eigenvalue weighted by molar-refractivity contribution is -0.118. The number of carbonyl (C=O) groups is 2. The first-order chi connectivity index (χ1) is 13.2. The lowest BCUT2D eigenvalue weighted by Crippen LogP contribution is -2.36. The van der Waals surface area contributed by atoms with Gasteiger partial charge in [-0.05, 0) is 30.7 Å². The molecule has 6 heteroatoms. The summed E-state index contributed by atoms with van der Waals surface area (Å²) in [5, 5.41) is 8.44. The number of anilines is 2. The van der Waals surface area contributed by atoms with Crippen molar-refractivity contribution in [1.82, 2.24) is 0 Å². The van der Waals surface area contributed by atoms with Gasteiger partial charge in [-0.2, -0.15) is 5.10 Å². The van der Waals surface area contributed by atoms with Crippen LogP contribution in [0.2, 0.25) is 0 Å². The lowest BCUT2D eigenvalue weighted by atomic mass is 10.1. The Kier molecular flexibility index (Phi) is 6.20. The van der Waals surface area contributed by atoms with Crippen LogP contribution in [0.15, 0.2) is 59.7 Å². The van der Waals surface area contributed by atoms with Gasteiger partial charge in [-0.3, -0.25) is 9.59 Å². The third-order valence-corrected chi connectivity index (χ3v) is 4.19. The number of hydrogen-bond donors (Lipinski definition) is 1. The topological polar surface area (TPSA) is 71.0 Å². The zero-order valence-electron chi connectivity index (χ0n) is 15.4. The predicted octanol–water partition coefficient (Wildman–Crippen LogP) is 3.99. The zero-order chi connectivity index (χ0) is 19.1. The molecule has 0 aliphatic carbocycles. The molecule has 0 aromatic heterocycles. The molecule has 1 aliphatic heterocycles. The predicted molar refractivity (Wildman–Crippen MR) is 106 cm³/mol. The minimum absolute atomic E-state index is 0.124. The Morgan fingerprint density at radius 2 is 1.85 bits per heavy atom. The molecule has 6 nitrogen and oxygen atoms in total. The number of nitrogens with zero attached hydrogens (tertiary/aromatic N) is 2. The number of ether oxygens (including phenoxy) is 1. The summed E-state index contributed by atoms with van der Waals surface area (Å²) in [6.45, 7) is 2.69. The third-order valence-electron chi connectivity index (χ3n) is 4.19. The van der Waals surface area contributed by atoms with E-state index in [1.807, 2.05) is 36.4 Å². The highest BCUT2D eigenvalue weighted by atomic mass is 16.5. The molecule has 1 N–H and O–H groups in total.